The van der Waals surface area contributed by atoms with Gasteiger partial charge in [0.25, 0.3) is 0 Å². The molecule has 0 radical (unpaired) electrons. The van der Waals surface area contributed by atoms with Crippen molar-refractivity contribution in [2.75, 3.05) is 5.32 Å². The number of nitrogens with one attached hydrogen (secondary N) is 1. The number of aryl methyl sites for hydroxylation is 1. The number of phenolic OH excluding ortho intramolecular Hbond substituents is 1. The van der Waals surface area contributed by atoms with Crippen LogP contribution in [0.25, 0.3) is 10.8 Å². The maximum Gasteiger partial charge on any atom is 0.412 e. The van der Waals surface area contributed by atoms with E-state index in [4.69, 9.17) is 4.74 Å². The molecule has 4 nitrogen and oxygen atoms in total. The van der Waals surface area contributed by atoms with Crippen molar-refractivity contribution in [3.05, 3.63) is 35.9 Å². The molecule has 4 heteroatoms. The molecule has 0 fully saturated rings. The number of benzene rings is 2. The molecular weight excluding hydrogens is 254 g/mol. The third kappa shape index (κ3) is 3.20. The van der Waals surface area contributed by atoms with Crippen LogP contribution in [0, 0.1) is 6.92 Å². The van der Waals surface area contributed by atoms with Crippen LogP contribution in [0.3, 0.4) is 0 Å². The molecule has 2 N–H and O–H groups in total. The van der Waals surface area contributed by atoms with Crippen LogP contribution in [0.1, 0.15) is 26.3 Å². The molecule has 2 aromatic carbocycles. The van der Waals surface area contributed by atoms with Gasteiger partial charge in [-0.05, 0) is 51.5 Å². The molecular formula is C16H19NO3. The molecule has 20 heavy (non-hydrogen) atoms. The summed E-state index contributed by atoms with van der Waals surface area (Å²) in [6, 6.07) is 8.99. The minimum absolute atomic E-state index is 0.202. The van der Waals surface area contributed by atoms with Crippen molar-refractivity contribution in [1.29, 1.82) is 0 Å². The van der Waals surface area contributed by atoms with E-state index >= 15 is 0 Å². The highest BCUT2D eigenvalue weighted by Crippen LogP contribution is 2.31. The molecule has 0 saturated carbocycles. The van der Waals surface area contributed by atoms with Crippen molar-refractivity contribution >= 4 is 22.6 Å². The highest BCUT2D eigenvalue weighted by Gasteiger charge is 2.17. The predicted molar refractivity (Wildman–Crippen MR) is 80.2 cm³/mol. The van der Waals surface area contributed by atoms with Crippen molar-refractivity contribution in [2.24, 2.45) is 0 Å². The van der Waals surface area contributed by atoms with Gasteiger partial charge in [-0.1, -0.05) is 12.1 Å². The first-order valence-electron chi connectivity index (χ1n) is 6.48. The molecule has 106 valence electrons. The number of aromatic hydroxyl groups is 1. The molecule has 1 amide bonds. The van der Waals surface area contributed by atoms with E-state index in [1.807, 2.05) is 39.8 Å². The SMILES string of the molecule is Cc1cc(O)c2cccc(NC(=O)OC(C)(C)C)c2c1. The van der Waals surface area contributed by atoms with E-state index in [-0.39, 0.29) is 5.75 Å². The molecule has 0 aliphatic rings. The van der Waals surface area contributed by atoms with Crippen LogP contribution in [-0.2, 0) is 4.74 Å². The molecule has 0 heterocycles. The third-order valence-electron chi connectivity index (χ3n) is 2.75. The number of carbonyl (C=O) groups excluding carboxylic acids is 1. The Balaban J connectivity index is 2.38. The molecule has 0 aliphatic carbocycles. The molecule has 2 rings (SSSR count). The Morgan fingerprint density at radius 2 is 1.90 bits per heavy atom. The highest BCUT2D eigenvalue weighted by atomic mass is 16.6. The van der Waals surface area contributed by atoms with Gasteiger partial charge in [0.05, 0.1) is 5.69 Å². The van der Waals surface area contributed by atoms with E-state index in [0.717, 1.165) is 10.9 Å². The fraction of sp³-hybridized carbons (Fsp3) is 0.312. The summed E-state index contributed by atoms with van der Waals surface area (Å²) in [5.41, 5.74) is 0.997. The Morgan fingerprint density at radius 3 is 2.55 bits per heavy atom. The predicted octanol–water partition coefficient (Wildman–Crippen LogP) is 4.20. The zero-order valence-electron chi connectivity index (χ0n) is 12.2. The monoisotopic (exact) mass is 273 g/mol. The van der Waals surface area contributed by atoms with Gasteiger partial charge in [0, 0.05) is 10.8 Å². The van der Waals surface area contributed by atoms with Gasteiger partial charge < -0.3 is 9.84 Å². The standard InChI is InChI=1S/C16H19NO3/c1-10-8-12-11(14(18)9-10)6-5-7-13(12)17-15(19)20-16(2,3)4/h5-9,18H,1-4H3,(H,17,19). The Bertz CT molecular complexity index is 657. The second kappa shape index (κ2) is 5.04. The van der Waals surface area contributed by atoms with Crippen molar-refractivity contribution < 1.29 is 14.6 Å². The minimum Gasteiger partial charge on any atom is -0.507 e. The third-order valence-corrected chi connectivity index (χ3v) is 2.75. The number of phenols is 1. The van der Waals surface area contributed by atoms with Crippen LogP contribution in [0.4, 0.5) is 10.5 Å². The lowest BCUT2D eigenvalue weighted by molar-refractivity contribution is 0.0636. The van der Waals surface area contributed by atoms with Gasteiger partial charge in [0.1, 0.15) is 11.4 Å². The number of fused-ring (bicyclic) bond motifs is 1. The molecule has 2 aromatic rings. The summed E-state index contributed by atoms with van der Waals surface area (Å²) in [6.07, 6.45) is -0.508. The number of ether oxygens (including phenoxy) is 1. The second-order valence-electron chi connectivity index (χ2n) is 5.81. The van der Waals surface area contributed by atoms with E-state index in [0.29, 0.717) is 11.1 Å². The van der Waals surface area contributed by atoms with Crippen LogP contribution >= 0.6 is 0 Å². The maximum absolute atomic E-state index is 11.8. The van der Waals surface area contributed by atoms with E-state index < -0.39 is 11.7 Å². The van der Waals surface area contributed by atoms with Gasteiger partial charge in [-0.2, -0.15) is 0 Å². The Kier molecular flexibility index (Phi) is 3.57. The van der Waals surface area contributed by atoms with Crippen LogP contribution in [0.5, 0.6) is 5.75 Å². The van der Waals surface area contributed by atoms with Gasteiger partial charge in [-0.25, -0.2) is 4.79 Å². The molecule has 0 saturated heterocycles. The van der Waals surface area contributed by atoms with Gasteiger partial charge in [0.2, 0.25) is 0 Å². The Hall–Kier alpha value is -2.23. The summed E-state index contributed by atoms with van der Waals surface area (Å²) in [7, 11) is 0. The topological polar surface area (TPSA) is 58.6 Å². The largest absolute Gasteiger partial charge is 0.507 e. The molecule has 0 unspecified atom stereocenters. The summed E-state index contributed by atoms with van der Waals surface area (Å²) < 4.78 is 5.24. The van der Waals surface area contributed by atoms with Crippen molar-refractivity contribution in [3.63, 3.8) is 0 Å². The fourth-order valence-corrected chi connectivity index (χ4v) is 2.03. The molecule has 0 aliphatic heterocycles. The van der Waals surface area contributed by atoms with Gasteiger partial charge in [-0.15, -0.1) is 0 Å². The van der Waals surface area contributed by atoms with Gasteiger partial charge in [0.15, 0.2) is 0 Å². The summed E-state index contributed by atoms with van der Waals surface area (Å²) in [5, 5.41) is 14.2. The first-order chi connectivity index (χ1) is 9.26. The average Bonchev–Trinajstić information content (AvgIpc) is 2.27. The van der Waals surface area contributed by atoms with E-state index in [2.05, 4.69) is 5.32 Å². The quantitative estimate of drug-likeness (QED) is 0.818. The Morgan fingerprint density at radius 1 is 1.20 bits per heavy atom. The zero-order chi connectivity index (χ0) is 14.9. The number of hydrogen-bond acceptors (Lipinski definition) is 3. The zero-order valence-corrected chi connectivity index (χ0v) is 12.2. The fourth-order valence-electron chi connectivity index (χ4n) is 2.03. The van der Waals surface area contributed by atoms with Gasteiger partial charge in [-0.3, -0.25) is 5.32 Å². The second-order valence-corrected chi connectivity index (χ2v) is 5.81. The number of anilines is 1. The first-order valence-corrected chi connectivity index (χ1v) is 6.48. The summed E-state index contributed by atoms with van der Waals surface area (Å²) in [5.74, 6) is 0.202. The van der Waals surface area contributed by atoms with E-state index in [1.165, 1.54) is 0 Å². The lowest BCUT2D eigenvalue weighted by Crippen LogP contribution is -2.27. The smallest absolute Gasteiger partial charge is 0.412 e. The lowest BCUT2D eigenvalue weighted by atomic mass is 10.0. The van der Waals surface area contributed by atoms with Crippen molar-refractivity contribution in [3.8, 4) is 5.75 Å². The summed E-state index contributed by atoms with van der Waals surface area (Å²) in [6.45, 7) is 7.33. The number of hydrogen-bond donors (Lipinski definition) is 2. The van der Waals surface area contributed by atoms with Crippen LogP contribution in [0.2, 0.25) is 0 Å². The summed E-state index contributed by atoms with van der Waals surface area (Å²) >= 11 is 0. The van der Waals surface area contributed by atoms with E-state index in [1.54, 1.807) is 18.2 Å². The molecule has 0 aromatic heterocycles. The maximum atomic E-state index is 11.8. The number of amides is 1. The molecule has 0 spiro atoms. The Labute approximate surface area is 118 Å². The summed E-state index contributed by atoms with van der Waals surface area (Å²) in [4.78, 5) is 11.8. The number of carbonyl (C=O) groups is 1. The number of rotatable bonds is 1. The van der Waals surface area contributed by atoms with Crippen LogP contribution in [0.15, 0.2) is 30.3 Å². The van der Waals surface area contributed by atoms with Crippen LogP contribution in [-0.4, -0.2) is 16.8 Å². The molecule has 0 bridgehead atoms. The van der Waals surface area contributed by atoms with Crippen molar-refractivity contribution in [2.45, 2.75) is 33.3 Å². The van der Waals surface area contributed by atoms with Crippen LogP contribution < -0.4 is 5.32 Å². The normalized spacial score (nSPS) is 11.4. The average molecular weight is 273 g/mol. The van der Waals surface area contributed by atoms with E-state index in [9.17, 15) is 9.90 Å². The minimum atomic E-state index is -0.549. The molecule has 0 atom stereocenters. The van der Waals surface area contributed by atoms with Gasteiger partial charge >= 0.3 is 6.09 Å². The lowest BCUT2D eigenvalue weighted by Gasteiger charge is -2.20. The highest BCUT2D eigenvalue weighted by molar-refractivity contribution is 6.02. The van der Waals surface area contributed by atoms with Crippen molar-refractivity contribution in [1.82, 2.24) is 0 Å². The first kappa shape index (κ1) is 14.2.